The maximum absolute atomic E-state index is 6.45. The third-order valence-electron chi connectivity index (χ3n) is 3.66. The van der Waals surface area contributed by atoms with Gasteiger partial charge in [-0.3, -0.25) is 4.98 Å². The number of aromatic nitrogens is 2. The number of anilines is 1. The number of hydrogen-bond donors (Lipinski definition) is 1. The Bertz CT molecular complexity index is 612. The first-order valence-electron chi connectivity index (χ1n) is 6.44. The van der Waals surface area contributed by atoms with Gasteiger partial charge in [0.05, 0.1) is 29.0 Å². The molecule has 1 aliphatic rings. The van der Waals surface area contributed by atoms with E-state index < -0.39 is 0 Å². The van der Waals surface area contributed by atoms with E-state index in [2.05, 4.69) is 39.6 Å². The van der Waals surface area contributed by atoms with Crippen molar-refractivity contribution >= 4 is 17.4 Å². The first-order chi connectivity index (χ1) is 9.15. The molecule has 2 unspecified atom stereocenters. The fourth-order valence-corrected chi connectivity index (χ4v) is 2.85. The summed E-state index contributed by atoms with van der Waals surface area (Å²) >= 11 is 6.45. The maximum Gasteiger partial charge on any atom is 0.145 e. The van der Waals surface area contributed by atoms with E-state index in [0.717, 1.165) is 23.6 Å². The summed E-state index contributed by atoms with van der Waals surface area (Å²) in [6.07, 6.45) is 2.67. The number of halogens is 1. The zero-order valence-electron chi connectivity index (χ0n) is 11.0. The molecule has 1 aliphatic carbocycles. The second kappa shape index (κ2) is 4.82. The number of nitrogens with one attached hydrogen (secondary N) is 1. The third-order valence-corrected chi connectivity index (χ3v) is 4.07. The summed E-state index contributed by atoms with van der Waals surface area (Å²) in [6, 6.07) is 8.48. The summed E-state index contributed by atoms with van der Waals surface area (Å²) in [6.45, 7) is 3.93. The van der Waals surface area contributed by atoms with E-state index in [1.807, 2.05) is 13.8 Å². The van der Waals surface area contributed by atoms with Crippen molar-refractivity contribution in [3.05, 3.63) is 53.0 Å². The van der Waals surface area contributed by atoms with Crippen molar-refractivity contribution in [3.63, 3.8) is 0 Å². The van der Waals surface area contributed by atoms with E-state index in [1.54, 1.807) is 6.20 Å². The monoisotopic (exact) mass is 273 g/mol. The molecule has 98 valence electrons. The largest absolute Gasteiger partial charge is 0.360 e. The maximum atomic E-state index is 6.45. The molecule has 0 amide bonds. The Labute approximate surface area is 118 Å². The molecule has 2 aromatic rings. The average Bonchev–Trinajstić information content (AvgIpc) is 2.71. The minimum absolute atomic E-state index is 0.0563. The first-order valence-corrected chi connectivity index (χ1v) is 6.87. The standard InChI is InChI=1S/C15H16ClN3/c1-9-10(2)18-14(8-17-9)19-15-12-6-4-3-5-11(12)7-13(15)16/h3-6,8,13,15H,7H2,1-2H3,(H,18,19). The lowest BCUT2D eigenvalue weighted by Gasteiger charge is -2.18. The third kappa shape index (κ3) is 2.30. The minimum atomic E-state index is 0.0563. The van der Waals surface area contributed by atoms with E-state index in [1.165, 1.54) is 11.1 Å². The van der Waals surface area contributed by atoms with Crippen molar-refractivity contribution in [1.29, 1.82) is 0 Å². The molecule has 1 aromatic carbocycles. The summed E-state index contributed by atoms with van der Waals surface area (Å²) in [5.74, 6) is 0.787. The highest BCUT2D eigenvalue weighted by molar-refractivity contribution is 6.21. The van der Waals surface area contributed by atoms with Gasteiger partial charge in [-0.2, -0.15) is 0 Å². The lowest BCUT2D eigenvalue weighted by Crippen LogP contribution is -2.18. The van der Waals surface area contributed by atoms with Gasteiger partial charge in [-0.05, 0) is 31.4 Å². The predicted octanol–water partition coefficient (Wildman–Crippen LogP) is 3.41. The Kier molecular flexibility index (Phi) is 3.15. The number of fused-ring (bicyclic) bond motifs is 1. The molecule has 1 aromatic heterocycles. The Hall–Kier alpha value is -1.61. The van der Waals surface area contributed by atoms with Crippen LogP contribution in [0.1, 0.15) is 28.6 Å². The summed E-state index contributed by atoms with van der Waals surface area (Å²) in [5.41, 5.74) is 4.49. The van der Waals surface area contributed by atoms with Crippen LogP contribution in [-0.2, 0) is 6.42 Å². The molecule has 19 heavy (non-hydrogen) atoms. The van der Waals surface area contributed by atoms with Gasteiger partial charge < -0.3 is 5.32 Å². The minimum Gasteiger partial charge on any atom is -0.360 e. The first kappa shape index (κ1) is 12.4. The Morgan fingerprint density at radius 1 is 1.21 bits per heavy atom. The number of aryl methyl sites for hydroxylation is 2. The van der Waals surface area contributed by atoms with Crippen molar-refractivity contribution in [2.45, 2.75) is 31.7 Å². The van der Waals surface area contributed by atoms with Gasteiger partial charge in [0, 0.05) is 0 Å². The van der Waals surface area contributed by atoms with Crippen LogP contribution in [0.5, 0.6) is 0 Å². The summed E-state index contributed by atoms with van der Waals surface area (Å²) in [4.78, 5) is 8.84. The van der Waals surface area contributed by atoms with Gasteiger partial charge in [0.25, 0.3) is 0 Å². The van der Waals surface area contributed by atoms with Crippen molar-refractivity contribution in [1.82, 2.24) is 9.97 Å². The number of hydrogen-bond acceptors (Lipinski definition) is 3. The van der Waals surface area contributed by atoms with Crippen molar-refractivity contribution in [2.75, 3.05) is 5.32 Å². The van der Waals surface area contributed by atoms with Crippen LogP contribution in [-0.4, -0.2) is 15.3 Å². The SMILES string of the molecule is Cc1ncc(NC2c3ccccc3CC2Cl)nc1C. The van der Waals surface area contributed by atoms with Crippen LogP contribution in [0.25, 0.3) is 0 Å². The van der Waals surface area contributed by atoms with Crippen molar-refractivity contribution in [2.24, 2.45) is 0 Å². The lowest BCUT2D eigenvalue weighted by atomic mass is 10.1. The second-order valence-electron chi connectivity index (χ2n) is 4.97. The Balaban J connectivity index is 1.89. The van der Waals surface area contributed by atoms with Crippen molar-refractivity contribution < 1.29 is 0 Å². The van der Waals surface area contributed by atoms with Gasteiger partial charge in [-0.25, -0.2) is 4.98 Å². The van der Waals surface area contributed by atoms with E-state index in [-0.39, 0.29) is 11.4 Å². The number of nitrogens with zero attached hydrogens (tertiary/aromatic N) is 2. The van der Waals surface area contributed by atoms with Crippen LogP contribution in [0, 0.1) is 13.8 Å². The molecule has 0 aliphatic heterocycles. The molecule has 1 N–H and O–H groups in total. The summed E-state index contributed by atoms with van der Waals surface area (Å²) < 4.78 is 0. The molecule has 3 rings (SSSR count). The zero-order chi connectivity index (χ0) is 13.4. The van der Waals surface area contributed by atoms with Crippen molar-refractivity contribution in [3.8, 4) is 0 Å². The Morgan fingerprint density at radius 3 is 2.79 bits per heavy atom. The van der Waals surface area contributed by atoms with Crippen LogP contribution in [0.4, 0.5) is 5.82 Å². The fourth-order valence-electron chi connectivity index (χ4n) is 2.49. The Morgan fingerprint density at radius 2 is 2.00 bits per heavy atom. The van der Waals surface area contributed by atoms with Gasteiger partial charge in [0.1, 0.15) is 5.82 Å². The molecule has 0 fully saturated rings. The highest BCUT2D eigenvalue weighted by Gasteiger charge is 2.30. The topological polar surface area (TPSA) is 37.8 Å². The second-order valence-corrected chi connectivity index (χ2v) is 5.53. The summed E-state index contributed by atoms with van der Waals surface area (Å²) in [7, 11) is 0. The molecule has 3 nitrogen and oxygen atoms in total. The smallest absolute Gasteiger partial charge is 0.145 e. The fraction of sp³-hybridized carbons (Fsp3) is 0.333. The number of rotatable bonds is 2. The molecule has 2 atom stereocenters. The van der Waals surface area contributed by atoms with Crippen LogP contribution in [0.15, 0.2) is 30.5 Å². The molecule has 0 saturated heterocycles. The number of benzene rings is 1. The van der Waals surface area contributed by atoms with Gasteiger partial charge in [-0.1, -0.05) is 24.3 Å². The lowest BCUT2D eigenvalue weighted by molar-refractivity contribution is 0.764. The van der Waals surface area contributed by atoms with Crippen LogP contribution in [0.3, 0.4) is 0 Å². The van der Waals surface area contributed by atoms with E-state index in [9.17, 15) is 0 Å². The highest BCUT2D eigenvalue weighted by Crippen LogP contribution is 2.36. The molecule has 4 heteroatoms. The highest BCUT2D eigenvalue weighted by atomic mass is 35.5. The zero-order valence-corrected chi connectivity index (χ0v) is 11.8. The molecular weight excluding hydrogens is 258 g/mol. The van der Waals surface area contributed by atoms with E-state index in [4.69, 9.17) is 11.6 Å². The molecular formula is C15H16ClN3. The molecule has 0 spiro atoms. The molecule has 0 bridgehead atoms. The predicted molar refractivity (Wildman–Crippen MR) is 77.7 cm³/mol. The molecule has 0 radical (unpaired) electrons. The van der Waals surface area contributed by atoms with Gasteiger partial charge in [0.2, 0.25) is 0 Å². The van der Waals surface area contributed by atoms with Crippen LogP contribution >= 0.6 is 11.6 Å². The van der Waals surface area contributed by atoms with Crippen LogP contribution < -0.4 is 5.32 Å². The molecule has 0 saturated carbocycles. The van der Waals surface area contributed by atoms with Gasteiger partial charge in [-0.15, -0.1) is 11.6 Å². The van der Waals surface area contributed by atoms with Gasteiger partial charge in [0.15, 0.2) is 0 Å². The van der Waals surface area contributed by atoms with Gasteiger partial charge >= 0.3 is 0 Å². The average molecular weight is 274 g/mol. The summed E-state index contributed by atoms with van der Waals surface area (Å²) in [5, 5.41) is 3.47. The number of alkyl halides is 1. The van der Waals surface area contributed by atoms with E-state index >= 15 is 0 Å². The van der Waals surface area contributed by atoms with Crippen LogP contribution in [0.2, 0.25) is 0 Å². The quantitative estimate of drug-likeness (QED) is 0.852. The normalized spacial score (nSPS) is 21.2. The van der Waals surface area contributed by atoms with E-state index in [0.29, 0.717) is 0 Å². The molecule has 1 heterocycles.